The van der Waals surface area contributed by atoms with E-state index in [1.54, 1.807) is 0 Å². The molecule has 0 aliphatic heterocycles. The zero-order valence-corrected chi connectivity index (χ0v) is 30.9. The molecule has 1 aliphatic rings. The lowest BCUT2D eigenvalue weighted by Gasteiger charge is -2.41. The Labute approximate surface area is 255 Å². The van der Waals surface area contributed by atoms with Gasteiger partial charge in [-0.3, -0.25) is 9.59 Å². The molecule has 1 saturated carbocycles. The van der Waals surface area contributed by atoms with Gasteiger partial charge in [0.05, 0.1) is 19.3 Å². The summed E-state index contributed by atoms with van der Waals surface area (Å²) in [5.74, 6) is -0.447. The Bertz CT molecular complexity index is 799. The van der Waals surface area contributed by atoms with Gasteiger partial charge in [-0.05, 0) is 74.3 Å². The number of methoxy groups -OCH3 is 1. The standard InChI is InChI=1S/C33H66O6Si2/c1-13-14-16-19-25(38-40(9,10)32(2,3)4)22-23-26-29(39-41(11,12)33(5,6)7)24-28(35)31(26)27(34)20-17-15-18-21-30(36)37-8/h25-27,29,31,34H,13-24H2,1-12H3/t25-,26-,27?,29+,31?/m0/s1. The summed E-state index contributed by atoms with van der Waals surface area (Å²) in [5.41, 5.74) is 0. The Morgan fingerprint density at radius 2 is 1.49 bits per heavy atom. The highest BCUT2D eigenvalue weighted by Gasteiger charge is 2.50. The molecule has 8 heteroatoms. The fraction of sp³-hybridized carbons (Fsp3) is 0.939. The van der Waals surface area contributed by atoms with E-state index in [-0.39, 0.29) is 40.0 Å². The van der Waals surface area contributed by atoms with Crippen molar-refractivity contribution < 1.29 is 28.3 Å². The van der Waals surface area contributed by atoms with Gasteiger partial charge in [-0.2, -0.15) is 0 Å². The van der Waals surface area contributed by atoms with Crippen LogP contribution in [0.4, 0.5) is 0 Å². The van der Waals surface area contributed by atoms with Gasteiger partial charge in [0.15, 0.2) is 16.6 Å². The van der Waals surface area contributed by atoms with Crippen LogP contribution >= 0.6 is 0 Å². The van der Waals surface area contributed by atoms with E-state index in [4.69, 9.17) is 13.6 Å². The molecule has 0 heterocycles. The van der Waals surface area contributed by atoms with Gasteiger partial charge < -0.3 is 18.7 Å². The lowest BCUT2D eigenvalue weighted by molar-refractivity contribution is -0.140. The second-order valence-corrected chi connectivity index (χ2v) is 25.1. The average molecular weight is 615 g/mol. The fourth-order valence-electron chi connectivity index (χ4n) is 5.44. The van der Waals surface area contributed by atoms with Crippen molar-refractivity contribution in [1.29, 1.82) is 0 Å². The van der Waals surface area contributed by atoms with Crippen LogP contribution in [0.3, 0.4) is 0 Å². The van der Waals surface area contributed by atoms with Crippen molar-refractivity contribution in [1.82, 2.24) is 0 Å². The van der Waals surface area contributed by atoms with Gasteiger partial charge in [0, 0.05) is 24.9 Å². The lowest BCUT2D eigenvalue weighted by Crippen LogP contribution is -2.46. The first-order chi connectivity index (χ1) is 18.8. The zero-order chi connectivity index (χ0) is 31.6. The highest BCUT2D eigenvalue weighted by atomic mass is 28.4. The van der Waals surface area contributed by atoms with Crippen molar-refractivity contribution in [2.24, 2.45) is 11.8 Å². The number of unbranched alkanes of at least 4 members (excludes halogenated alkanes) is 4. The van der Waals surface area contributed by atoms with E-state index in [9.17, 15) is 14.7 Å². The maximum absolute atomic E-state index is 13.5. The largest absolute Gasteiger partial charge is 0.469 e. The summed E-state index contributed by atoms with van der Waals surface area (Å²) < 4.78 is 18.6. The molecule has 5 atom stereocenters. The molecule has 0 aromatic rings. The third kappa shape index (κ3) is 12.2. The summed E-state index contributed by atoms with van der Waals surface area (Å²) in [6.45, 7) is 25.0. The summed E-state index contributed by atoms with van der Waals surface area (Å²) >= 11 is 0. The maximum atomic E-state index is 13.5. The lowest BCUT2D eigenvalue weighted by atomic mass is 9.83. The number of aliphatic hydroxyl groups excluding tert-OH is 1. The molecule has 1 aliphatic carbocycles. The highest BCUT2D eigenvalue weighted by Crippen LogP contribution is 2.45. The number of aliphatic hydroxyl groups is 1. The molecule has 0 saturated heterocycles. The predicted molar refractivity (Wildman–Crippen MR) is 175 cm³/mol. The van der Waals surface area contributed by atoms with E-state index in [0.717, 1.165) is 44.9 Å². The SMILES string of the molecule is CCCCC[C@@H](CC[C@@H]1C(C(O)CCCCCC(=O)OC)C(=O)C[C@H]1O[Si](C)(C)C(C)(C)C)O[Si](C)(C)C(C)(C)C. The number of esters is 1. The predicted octanol–water partition coefficient (Wildman–Crippen LogP) is 8.82. The van der Waals surface area contributed by atoms with Gasteiger partial charge in [0.1, 0.15) is 5.78 Å². The van der Waals surface area contributed by atoms with Crippen molar-refractivity contribution in [3.05, 3.63) is 0 Å². The van der Waals surface area contributed by atoms with E-state index in [1.807, 2.05) is 0 Å². The van der Waals surface area contributed by atoms with Gasteiger partial charge in [-0.15, -0.1) is 0 Å². The minimum absolute atomic E-state index is 0.00150. The summed E-state index contributed by atoms with van der Waals surface area (Å²) in [4.78, 5) is 24.9. The Balaban J connectivity index is 3.13. The molecule has 0 bridgehead atoms. The van der Waals surface area contributed by atoms with E-state index in [1.165, 1.54) is 20.0 Å². The first-order valence-electron chi connectivity index (χ1n) is 16.4. The minimum Gasteiger partial charge on any atom is -0.469 e. The van der Waals surface area contributed by atoms with Gasteiger partial charge in [0.2, 0.25) is 0 Å². The first-order valence-corrected chi connectivity index (χ1v) is 22.2. The topological polar surface area (TPSA) is 82.1 Å². The molecular formula is C33H66O6Si2. The van der Waals surface area contributed by atoms with Gasteiger partial charge >= 0.3 is 5.97 Å². The molecule has 0 aromatic heterocycles. The monoisotopic (exact) mass is 614 g/mol. The number of hydrogen-bond donors (Lipinski definition) is 1. The molecule has 0 amide bonds. The Morgan fingerprint density at radius 1 is 0.902 bits per heavy atom. The third-order valence-corrected chi connectivity index (χ3v) is 19.2. The second-order valence-electron chi connectivity index (χ2n) is 15.6. The number of carbonyl (C=O) groups is 2. The average Bonchev–Trinajstić information content (AvgIpc) is 3.14. The van der Waals surface area contributed by atoms with Gasteiger partial charge in [0.25, 0.3) is 0 Å². The molecule has 1 rings (SSSR count). The molecular weight excluding hydrogens is 549 g/mol. The molecule has 0 radical (unpaired) electrons. The minimum atomic E-state index is -2.10. The summed E-state index contributed by atoms with van der Waals surface area (Å²) in [6.07, 6.45) is 9.37. The number of rotatable bonds is 18. The van der Waals surface area contributed by atoms with Crippen LogP contribution in [0.15, 0.2) is 0 Å². The van der Waals surface area contributed by atoms with Crippen molar-refractivity contribution in [3.63, 3.8) is 0 Å². The number of Topliss-reactive ketones (excluding diaryl/α,β-unsaturated/α-hetero) is 1. The van der Waals surface area contributed by atoms with E-state index in [2.05, 4.69) is 74.7 Å². The van der Waals surface area contributed by atoms with Crippen LogP contribution in [-0.2, 0) is 23.2 Å². The van der Waals surface area contributed by atoms with Crippen molar-refractivity contribution in [3.8, 4) is 0 Å². The quantitative estimate of drug-likeness (QED) is 0.0944. The van der Waals surface area contributed by atoms with Crippen LogP contribution in [0.25, 0.3) is 0 Å². The summed E-state index contributed by atoms with van der Waals surface area (Å²) in [6, 6.07) is 0. The maximum Gasteiger partial charge on any atom is 0.305 e. The second kappa shape index (κ2) is 16.5. The number of ketones is 1. The number of ether oxygens (including phenoxy) is 1. The number of hydrogen-bond acceptors (Lipinski definition) is 6. The molecule has 242 valence electrons. The highest BCUT2D eigenvalue weighted by molar-refractivity contribution is 6.74. The Morgan fingerprint density at radius 3 is 2.02 bits per heavy atom. The van der Waals surface area contributed by atoms with Crippen LogP contribution in [0.1, 0.15) is 126 Å². The molecule has 1 fully saturated rings. The summed E-state index contributed by atoms with van der Waals surface area (Å²) in [5, 5.41) is 11.6. The van der Waals surface area contributed by atoms with Crippen LogP contribution in [-0.4, -0.2) is 58.9 Å². The van der Waals surface area contributed by atoms with Crippen molar-refractivity contribution in [2.45, 2.75) is 180 Å². The van der Waals surface area contributed by atoms with E-state index >= 15 is 0 Å². The smallest absolute Gasteiger partial charge is 0.305 e. The number of carbonyl (C=O) groups excluding carboxylic acids is 2. The molecule has 1 N–H and O–H groups in total. The zero-order valence-electron chi connectivity index (χ0n) is 28.9. The first kappa shape index (κ1) is 38.5. The normalized spacial score (nSPS) is 22.2. The molecule has 41 heavy (non-hydrogen) atoms. The molecule has 2 unspecified atom stereocenters. The molecule has 0 aromatic carbocycles. The van der Waals surface area contributed by atoms with Gasteiger partial charge in [-0.1, -0.05) is 80.6 Å². The van der Waals surface area contributed by atoms with E-state index in [0.29, 0.717) is 19.3 Å². The Kier molecular flexibility index (Phi) is 15.5. The van der Waals surface area contributed by atoms with Crippen molar-refractivity contribution >= 4 is 28.4 Å². The van der Waals surface area contributed by atoms with Gasteiger partial charge in [-0.25, -0.2) is 0 Å². The molecule has 6 nitrogen and oxygen atoms in total. The van der Waals surface area contributed by atoms with Crippen LogP contribution < -0.4 is 0 Å². The fourth-order valence-corrected chi connectivity index (χ4v) is 8.23. The Hall–Kier alpha value is -0.546. The van der Waals surface area contributed by atoms with Crippen LogP contribution in [0.2, 0.25) is 36.3 Å². The molecule has 0 spiro atoms. The van der Waals surface area contributed by atoms with E-state index < -0.39 is 28.7 Å². The van der Waals surface area contributed by atoms with Crippen molar-refractivity contribution in [2.75, 3.05) is 7.11 Å². The summed E-state index contributed by atoms with van der Waals surface area (Å²) in [7, 11) is -2.64. The third-order valence-electron chi connectivity index (χ3n) is 10.2. The van der Waals surface area contributed by atoms with Crippen LogP contribution in [0.5, 0.6) is 0 Å². The van der Waals surface area contributed by atoms with Crippen LogP contribution in [0, 0.1) is 11.8 Å².